The summed E-state index contributed by atoms with van der Waals surface area (Å²) in [6, 6.07) is 15.6. The lowest BCUT2D eigenvalue weighted by Crippen LogP contribution is -2.26. The van der Waals surface area contributed by atoms with E-state index in [1.807, 2.05) is 6.07 Å². The standard InChI is InChI=1S/C21H19N3O5S2/c1-24(15-7-5-4-6-8-15)31(25,26)18-11-12-30-19(18)21-22-20(23-29-21)14-9-10-16(27-2)17(13-14)28-3/h4-13H,1-3H3. The highest BCUT2D eigenvalue weighted by Crippen LogP contribution is 2.36. The molecule has 0 saturated heterocycles. The molecular formula is C21H19N3O5S2. The van der Waals surface area contributed by atoms with Crippen molar-refractivity contribution < 1.29 is 22.4 Å². The molecule has 10 heteroatoms. The van der Waals surface area contributed by atoms with Crippen LogP contribution in [0.15, 0.2) is 69.4 Å². The van der Waals surface area contributed by atoms with Crippen LogP contribution in [0.4, 0.5) is 5.69 Å². The van der Waals surface area contributed by atoms with Gasteiger partial charge < -0.3 is 14.0 Å². The van der Waals surface area contributed by atoms with E-state index >= 15 is 0 Å². The molecular weight excluding hydrogens is 438 g/mol. The lowest BCUT2D eigenvalue weighted by molar-refractivity contribution is 0.355. The summed E-state index contributed by atoms with van der Waals surface area (Å²) in [5.41, 5.74) is 1.20. The summed E-state index contributed by atoms with van der Waals surface area (Å²) < 4.78 is 43.7. The molecule has 0 unspecified atom stereocenters. The molecule has 8 nitrogen and oxygen atoms in total. The monoisotopic (exact) mass is 457 g/mol. The Morgan fingerprint density at radius 2 is 1.74 bits per heavy atom. The Morgan fingerprint density at radius 3 is 2.45 bits per heavy atom. The average Bonchev–Trinajstić information content (AvgIpc) is 3.48. The maximum atomic E-state index is 13.2. The molecule has 4 rings (SSSR count). The number of ether oxygens (including phenoxy) is 2. The van der Waals surface area contributed by atoms with Crippen LogP contribution in [-0.4, -0.2) is 39.8 Å². The fourth-order valence-electron chi connectivity index (χ4n) is 2.99. The Hall–Kier alpha value is -3.37. The van der Waals surface area contributed by atoms with Crippen LogP contribution in [0.3, 0.4) is 0 Å². The third-order valence-corrected chi connectivity index (χ3v) is 7.51. The van der Waals surface area contributed by atoms with Crippen LogP contribution < -0.4 is 13.8 Å². The predicted molar refractivity (Wildman–Crippen MR) is 118 cm³/mol. The van der Waals surface area contributed by atoms with Gasteiger partial charge in [0.05, 0.1) is 19.9 Å². The summed E-state index contributed by atoms with van der Waals surface area (Å²) in [6.45, 7) is 0. The molecule has 0 spiro atoms. The van der Waals surface area contributed by atoms with Crippen molar-refractivity contribution in [1.82, 2.24) is 10.1 Å². The van der Waals surface area contributed by atoms with Crippen molar-refractivity contribution in [2.75, 3.05) is 25.6 Å². The minimum Gasteiger partial charge on any atom is -0.493 e. The molecule has 0 aliphatic rings. The lowest BCUT2D eigenvalue weighted by Gasteiger charge is -2.19. The number of benzene rings is 2. The molecule has 0 saturated carbocycles. The van der Waals surface area contributed by atoms with E-state index < -0.39 is 10.0 Å². The summed E-state index contributed by atoms with van der Waals surface area (Å²) in [5.74, 6) is 1.53. The summed E-state index contributed by atoms with van der Waals surface area (Å²) in [6.07, 6.45) is 0. The van der Waals surface area contributed by atoms with Crippen LogP contribution in [0, 0.1) is 0 Å². The molecule has 2 aromatic carbocycles. The number of rotatable bonds is 7. The molecule has 0 amide bonds. The summed E-state index contributed by atoms with van der Waals surface area (Å²) in [7, 11) is 0.774. The number of hydrogen-bond acceptors (Lipinski definition) is 8. The second kappa shape index (κ2) is 8.40. The summed E-state index contributed by atoms with van der Waals surface area (Å²) in [4.78, 5) is 4.89. The zero-order chi connectivity index (χ0) is 22.0. The van der Waals surface area contributed by atoms with Crippen LogP contribution in [0.2, 0.25) is 0 Å². The number of aromatic nitrogens is 2. The largest absolute Gasteiger partial charge is 0.493 e. The normalized spacial score (nSPS) is 11.3. The van der Waals surface area contributed by atoms with E-state index in [9.17, 15) is 8.42 Å². The van der Waals surface area contributed by atoms with E-state index in [0.717, 1.165) is 0 Å². The topological polar surface area (TPSA) is 94.8 Å². The molecule has 4 aromatic rings. The second-order valence-corrected chi connectivity index (χ2v) is 9.27. The molecule has 0 bridgehead atoms. The second-order valence-electron chi connectivity index (χ2n) is 6.41. The van der Waals surface area contributed by atoms with Crippen molar-refractivity contribution in [1.29, 1.82) is 0 Å². The van der Waals surface area contributed by atoms with Gasteiger partial charge in [0, 0.05) is 12.6 Å². The molecule has 0 fully saturated rings. The van der Waals surface area contributed by atoms with Crippen LogP contribution in [0.25, 0.3) is 22.2 Å². The Balaban J connectivity index is 1.70. The van der Waals surface area contributed by atoms with Crippen molar-refractivity contribution in [3.8, 4) is 33.7 Å². The van der Waals surface area contributed by atoms with Gasteiger partial charge in [-0.05, 0) is 41.8 Å². The van der Waals surface area contributed by atoms with Gasteiger partial charge in [0.15, 0.2) is 11.5 Å². The highest BCUT2D eigenvalue weighted by atomic mass is 32.2. The van der Waals surface area contributed by atoms with Crippen LogP contribution >= 0.6 is 11.3 Å². The van der Waals surface area contributed by atoms with Gasteiger partial charge in [0.1, 0.15) is 9.77 Å². The van der Waals surface area contributed by atoms with E-state index in [-0.39, 0.29) is 10.8 Å². The van der Waals surface area contributed by atoms with Crippen molar-refractivity contribution in [3.05, 3.63) is 60.0 Å². The van der Waals surface area contributed by atoms with Gasteiger partial charge >= 0.3 is 0 Å². The lowest BCUT2D eigenvalue weighted by atomic mass is 10.2. The molecule has 0 N–H and O–H groups in total. The Labute approximate surface area is 183 Å². The number of nitrogens with zero attached hydrogens (tertiary/aromatic N) is 3. The minimum atomic E-state index is -3.82. The van der Waals surface area contributed by atoms with E-state index in [0.29, 0.717) is 33.5 Å². The first-order chi connectivity index (χ1) is 15.0. The van der Waals surface area contributed by atoms with Gasteiger partial charge in [0.25, 0.3) is 15.9 Å². The smallest absolute Gasteiger partial charge is 0.269 e. The average molecular weight is 458 g/mol. The fourth-order valence-corrected chi connectivity index (χ4v) is 5.50. The number of methoxy groups -OCH3 is 2. The molecule has 0 radical (unpaired) electrons. The van der Waals surface area contributed by atoms with E-state index in [1.165, 1.54) is 35.9 Å². The fraction of sp³-hybridized carbons (Fsp3) is 0.143. The zero-order valence-corrected chi connectivity index (χ0v) is 18.6. The number of anilines is 1. The number of thiophene rings is 1. The first-order valence-corrected chi connectivity index (χ1v) is 11.5. The van der Waals surface area contributed by atoms with Gasteiger partial charge in [-0.1, -0.05) is 23.4 Å². The van der Waals surface area contributed by atoms with E-state index in [4.69, 9.17) is 14.0 Å². The molecule has 2 heterocycles. The highest BCUT2D eigenvalue weighted by Gasteiger charge is 2.28. The van der Waals surface area contributed by atoms with Crippen LogP contribution in [0.5, 0.6) is 11.5 Å². The molecule has 0 atom stereocenters. The highest BCUT2D eigenvalue weighted by molar-refractivity contribution is 7.93. The first kappa shape index (κ1) is 20.9. The maximum Gasteiger partial charge on any atom is 0.269 e. The Bertz CT molecular complexity index is 1300. The molecule has 2 aromatic heterocycles. The maximum absolute atomic E-state index is 13.2. The Kier molecular flexibility index (Phi) is 5.66. The van der Waals surface area contributed by atoms with Crippen molar-refractivity contribution >= 4 is 27.0 Å². The third kappa shape index (κ3) is 3.87. The summed E-state index contributed by atoms with van der Waals surface area (Å²) >= 11 is 1.22. The minimum absolute atomic E-state index is 0.103. The van der Waals surface area contributed by atoms with Crippen LogP contribution in [-0.2, 0) is 10.0 Å². The van der Waals surface area contributed by atoms with Crippen molar-refractivity contribution in [2.45, 2.75) is 4.90 Å². The zero-order valence-electron chi connectivity index (χ0n) is 17.0. The van der Waals surface area contributed by atoms with Crippen LogP contribution in [0.1, 0.15) is 0 Å². The third-order valence-electron chi connectivity index (χ3n) is 4.65. The van der Waals surface area contributed by atoms with Gasteiger partial charge in [-0.15, -0.1) is 11.3 Å². The Morgan fingerprint density at radius 1 is 1.00 bits per heavy atom. The number of para-hydroxylation sites is 1. The van der Waals surface area contributed by atoms with Gasteiger partial charge in [0.2, 0.25) is 5.82 Å². The van der Waals surface area contributed by atoms with Gasteiger partial charge in [-0.2, -0.15) is 4.98 Å². The quantitative estimate of drug-likeness (QED) is 0.408. The van der Waals surface area contributed by atoms with Crippen molar-refractivity contribution in [3.63, 3.8) is 0 Å². The number of hydrogen-bond donors (Lipinski definition) is 0. The molecule has 160 valence electrons. The molecule has 0 aliphatic carbocycles. The van der Waals surface area contributed by atoms with Crippen molar-refractivity contribution in [2.24, 2.45) is 0 Å². The SMILES string of the molecule is COc1ccc(-c2noc(-c3sccc3S(=O)(=O)N(C)c3ccccc3)n2)cc1OC. The first-order valence-electron chi connectivity index (χ1n) is 9.13. The van der Waals surface area contributed by atoms with Gasteiger partial charge in [-0.25, -0.2) is 8.42 Å². The molecule has 31 heavy (non-hydrogen) atoms. The van der Waals surface area contributed by atoms with E-state index in [2.05, 4.69) is 10.1 Å². The summed E-state index contributed by atoms with van der Waals surface area (Å²) in [5, 5.41) is 5.70. The van der Waals surface area contributed by atoms with E-state index in [1.54, 1.807) is 55.0 Å². The predicted octanol–water partition coefficient (Wildman–Crippen LogP) is 4.31. The van der Waals surface area contributed by atoms with Gasteiger partial charge in [-0.3, -0.25) is 4.31 Å². The number of sulfonamides is 1. The molecule has 0 aliphatic heterocycles.